The average Bonchev–Trinajstić information content (AvgIpc) is 2.45. The Morgan fingerprint density at radius 3 is 1.85 bits per heavy atom. The van der Waals surface area contributed by atoms with Crippen LogP contribution in [0.25, 0.3) is 0 Å². The number of hydrogen-bond donors (Lipinski definition) is 2. The summed E-state index contributed by atoms with van der Waals surface area (Å²) in [7, 11) is 0. The first-order valence-corrected chi connectivity index (χ1v) is 9.78. The molecule has 0 aliphatic rings. The molecule has 0 saturated heterocycles. The first-order valence-electron chi connectivity index (χ1n) is 9.78. The van der Waals surface area contributed by atoms with Crippen molar-refractivity contribution in [2.24, 2.45) is 11.3 Å². The van der Waals surface area contributed by atoms with E-state index in [0.29, 0.717) is 51.9 Å². The second kappa shape index (κ2) is 12.9. The maximum atomic E-state index is 11.9. The maximum absolute atomic E-state index is 11.9. The fourth-order valence-corrected chi connectivity index (χ4v) is 2.63. The molecule has 7 heteroatoms. The van der Waals surface area contributed by atoms with E-state index in [0.717, 1.165) is 6.42 Å². The van der Waals surface area contributed by atoms with E-state index in [4.69, 9.17) is 14.2 Å². The number of amides is 2. The second-order valence-electron chi connectivity index (χ2n) is 9.08. The van der Waals surface area contributed by atoms with Crippen LogP contribution < -0.4 is 10.6 Å². The number of hydrogen-bond acceptors (Lipinski definition) is 5. The normalized spacial score (nSPS) is 13.1. The third kappa shape index (κ3) is 19.2. The van der Waals surface area contributed by atoms with Crippen molar-refractivity contribution in [1.29, 1.82) is 0 Å². The number of nitrogens with one attached hydrogen (secondary N) is 2. The molecule has 1 unspecified atom stereocenters. The SMILES string of the molecule is CC(CC(=O)NCCOCCOCCNC(=O)OC(C)(C)C)CC(C)(C)C. The molecule has 0 aromatic carbocycles. The summed E-state index contributed by atoms with van der Waals surface area (Å²) in [4.78, 5) is 23.3. The van der Waals surface area contributed by atoms with Crippen molar-refractivity contribution in [2.45, 2.75) is 66.9 Å². The smallest absolute Gasteiger partial charge is 0.407 e. The first kappa shape index (κ1) is 25.7. The number of ether oxygens (including phenoxy) is 3. The Labute approximate surface area is 164 Å². The van der Waals surface area contributed by atoms with E-state index >= 15 is 0 Å². The van der Waals surface area contributed by atoms with Crippen molar-refractivity contribution in [3.05, 3.63) is 0 Å². The average molecular weight is 389 g/mol. The summed E-state index contributed by atoms with van der Waals surface area (Å²) >= 11 is 0. The van der Waals surface area contributed by atoms with Gasteiger partial charge in [-0.15, -0.1) is 0 Å². The van der Waals surface area contributed by atoms with E-state index in [1.165, 1.54) is 0 Å². The lowest BCUT2D eigenvalue weighted by molar-refractivity contribution is -0.122. The minimum absolute atomic E-state index is 0.0693. The zero-order chi connectivity index (χ0) is 20.9. The highest BCUT2D eigenvalue weighted by Gasteiger charge is 2.17. The van der Waals surface area contributed by atoms with Crippen LogP contribution in [0.3, 0.4) is 0 Å². The number of rotatable bonds is 12. The highest BCUT2D eigenvalue weighted by Crippen LogP contribution is 2.25. The highest BCUT2D eigenvalue weighted by molar-refractivity contribution is 5.76. The second-order valence-corrected chi connectivity index (χ2v) is 9.08. The topological polar surface area (TPSA) is 85.9 Å². The maximum Gasteiger partial charge on any atom is 0.407 e. The Bertz CT molecular complexity index is 427. The van der Waals surface area contributed by atoms with Gasteiger partial charge in [-0.2, -0.15) is 0 Å². The lowest BCUT2D eigenvalue weighted by Gasteiger charge is -2.22. The molecule has 0 spiro atoms. The molecule has 2 N–H and O–H groups in total. The largest absolute Gasteiger partial charge is 0.444 e. The van der Waals surface area contributed by atoms with Gasteiger partial charge in [0.05, 0.1) is 26.4 Å². The van der Waals surface area contributed by atoms with Gasteiger partial charge in [0.25, 0.3) is 0 Å². The third-order valence-electron chi connectivity index (χ3n) is 3.35. The van der Waals surface area contributed by atoms with Crippen molar-refractivity contribution in [3.63, 3.8) is 0 Å². The molecule has 0 aliphatic heterocycles. The van der Waals surface area contributed by atoms with E-state index in [1.54, 1.807) is 0 Å². The van der Waals surface area contributed by atoms with Crippen LogP contribution in [-0.2, 0) is 19.0 Å². The van der Waals surface area contributed by atoms with Gasteiger partial charge in [-0.25, -0.2) is 4.79 Å². The Kier molecular flexibility index (Phi) is 12.3. The molecule has 0 rings (SSSR count). The lowest BCUT2D eigenvalue weighted by atomic mass is 9.84. The number of carbonyl (C=O) groups is 2. The predicted octanol–water partition coefficient (Wildman–Crippen LogP) is 3.12. The van der Waals surface area contributed by atoms with Gasteiger partial charge in [-0.3, -0.25) is 4.79 Å². The number of alkyl carbamates (subject to hydrolysis) is 1. The minimum Gasteiger partial charge on any atom is -0.444 e. The van der Waals surface area contributed by atoms with Crippen LogP contribution in [0, 0.1) is 11.3 Å². The fraction of sp³-hybridized carbons (Fsp3) is 0.900. The monoisotopic (exact) mass is 388 g/mol. The first-order chi connectivity index (χ1) is 12.4. The standard InChI is InChI=1S/C20H40N2O5/c1-16(15-19(2,3)4)14-17(23)21-8-10-25-12-13-26-11-9-22-18(24)27-20(5,6)7/h16H,8-15H2,1-7H3,(H,21,23)(H,22,24). The molecule has 0 fully saturated rings. The molecule has 27 heavy (non-hydrogen) atoms. The molecular weight excluding hydrogens is 348 g/mol. The van der Waals surface area contributed by atoms with Crippen LogP contribution in [-0.4, -0.2) is 57.1 Å². The van der Waals surface area contributed by atoms with Crippen molar-refractivity contribution >= 4 is 12.0 Å². The molecule has 0 aromatic heterocycles. The van der Waals surface area contributed by atoms with E-state index in [1.807, 2.05) is 20.8 Å². The molecule has 2 amide bonds. The van der Waals surface area contributed by atoms with E-state index in [2.05, 4.69) is 38.3 Å². The van der Waals surface area contributed by atoms with E-state index in [-0.39, 0.29) is 11.3 Å². The van der Waals surface area contributed by atoms with Gasteiger partial charge in [0, 0.05) is 19.5 Å². The zero-order valence-corrected chi connectivity index (χ0v) is 18.3. The van der Waals surface area contributed by atoms with Crippen LogP contribution >= 0.6 is 0 Å². The Morgan fingerprint density at radius 1 is 0.852 bits per heavy atom. The van der Waals surface area contributed by atoms with Crippen molar-refractivity contribution < 1.29 is 23.8 Å². The summed E-state index contributed by atoms with van der Waals surface area (Å²) in [5, 5.41) is 5.49. The van der Waals surface area contributed by atoms with Crippen LogP contribution in [0.1, 0.15) is 61.3 Å². The van der Waals surface area contributed by atoms with Crippen molar-refractivity contribution in [1.82, 2.24) is 10.6 Å². The molecule has 1 atom stereocenters. The summed E-state index contributed by atoms with van der Waals surface area (Å²) < 4.78 is 15.9. The van der Waals surface area contributed by atoms with Gasteiger partial charge in [-0.1, -0.05) is 27.7 Å². The van der Waals surface area contributed by atoms with Crippen LogP contribution in [0.4, 0.5) is 4.79 Å². The summed E-state index contributed by atoms with van der Waals surface area (Å²) in [6.45, 7) is 16.7. The van der Waals surface area contributed by atoms with Gasteiger partial charge in [0.15, 0.2) is 0 Å². The Hall–Kier alpha value is -1.34. The molecule has 0 bridgehead atoms. The van der Waals surface area contributed by atoms with Gasteiger partial charge in [0.2, 0.25) is 5.91 Å². The summed E-state index contributed by atoms with van der Waals surface area (Å²) in [5.74, 6) is 0.438. The zero-order valence-electron chi connectivity index (χ0n) is 18.3. The molecule has 7 nitrogen and oxygen atoms in total. The van der Waals surface area contributed by atoms with E-state index < -0.39 is 11.7 Å². The minimum atomic E-state index is -0.501. The van der Waals surface area contributed by atoms with Gasteiger partial charge in [0.1, 0.15) is 5.60 Å². The Morgan fingerprint density at radius 2 is 1.37 bits per heavy atom. The van der Waals surface area contributed by atoms with Gasteiger partial charge in [-0.05, 0) is 38.5 Å². The molecular formula is C20H40N2O5. The van der Waals surface area contributed by atoms with Gasteiger partial charge < -0.3 is 24.8 Å². The van der Waals surface area contributed by atoms with Gasteiger partial charge >= 0.3 is 6.09 Å². The summed E-state index contributed by atoms with van der Waals surface area (Å²) in [6.07, 6.45) is 1.12. The quantitative estimate of drug-likeness (QED) is 0.502. The fourth-order valence-electron chi connectivity index (χ4n) is 2.63. The lowest BCUT2D eigenvalue weighted by Crippen LogP contribution is -2.34. The third-order valence-corrected chi connectivity index (χ3v) is 3.35. The predicted molar refractivity (Wildman–Crippen MR) is 107 cm³/mol. The number of carbonyl (C=O) groups excluding carboxylic acids is 2. The molecule has 160 valence electrons. The molecule has 0 radical (unpaired) electrons. The molecule has 0 aromatic rings. The molecule has 0 aliphatic carbocycles. The summed E-state index contributed by atoms with van der Waals surface area (Å²) in [6, 6.07) is 0. The highest BCUT2D eigenvalue weighted by atomic mass is 16.6. The summed E-state index contributed by atoms with van der Waals surface area (Å²) in [5.41, 5.74) is -0.260. The molecule has 0 saturated carbocycles. The Balaban J connectivity index is 3.47. The molecule has 0 heterocycles. The van der Waals surface area contributed by atoms with Crippen molar-refractivity contribution in [3.8, 4) is 0 Å². The van der Waals surface area contributed by atoms with Crippen LogP contribution in [0.2, 0.25) is 0 Å². The van der Waals surface area contributed by atoms with Crippen LogP contribution in [0.5, 0.6) is 0 Å². The van der Waals surface area contributed by atoms with Crippen molar-refractivity contribution in [2.75, 3.05) is 39.5 Å². The van der Waals surface area contributed by atoms with Crippen LogP contribution in [0.15, 0.2) is 0 Å². The van der Waals surface area contributed by atoms with E-state index in [9.17, 15) is 9.59 Å².